The van der Waals surface area contributed by atoms with Crippen molar-refractivity contribution in [3.63, 3.8) is 0 Å². The SMILES string of the molecule is C[C@@H](N)C(=O)C1C(=O)O[C@@H](CCc2ccccc2)C1=O. The van der Waals surface area contributed by atoms with Gasteiger partial charge in [0.05, 0.1) is 6.04 Å². The molecule has 0 saturated carbocycles. The highest BCUT2D eigenvalue weighted by molar-refractivity contribution is 6.22. The Morgan fingerprint density at radius 1 is 1.30 bits per heavy atom. The van der Waals surface area contributed by atoms with Crippen LogP contribution in [-0.2, 0) is 25.5 Å². The predicted octanol–water partition coefficient (Wildman–Crippen LogP) is 0.646. The molecule has 0 spiro atoms. The fraction of sp³-hybridized carbons (Fsp3) is 0.400. The van der Waals surface area contributed by atoms with Gasteiger partial charge in [0, 0.05) is 0 Å². The van der Waals surface area contributed by atoms with E-state index >= 15 is 0 Å². The standard InChI is InChI=1S/C15H17NO4/c1-9(16)13(17)12-14(18)11(20-15(12)19)8-7-10-5-3-2-4-6-10/h2-6,9,11-12H,7-8,16H2,1H3/t9-,11+,12?/m1/s1. The molecule has 0 radical (unpaired) electrons. The van der Waals surface area contributed by atoms with Crippen LogP contribution in [0.25, 0.3) is 0 Å². The Kier molecular flexibility index (Phi) is 4.29. The average molecular weight is 275 g/mol. The van der Waals surface area contributed by atoms with Crippen LogP contribution in [-0.4, -0.2) is 29.7 Å². The molecule has 1 aliphatic rings. The number of hydrogen-bond acceptors (Lipinski definition) is 5. The van der Waals surface area contributed by atoms with Gasteiger partial charge in [-0.1, -0.05) is 30.3 Å². The van der Waals surface area contributed by atoms with E-state index in [1.54, 1.807) is 0 Å². The Balaban J connectivity index is 2.00. The van der Waals surface area contributed by atoms with Crippen LogP contribution in [0, 0.1) is 5.92 Å². The van der Waals surface area contributed by atoms with Crippen molar-refractivity contribution in [2.45, 2.75) is 31.9 Å². The van der Waals surface area contributed by atoms with E-state index in [1.165, 1.54) is 6.92 Å². The van der Waals surface area contributed by atoms with Gasteiger partial charge in [-0.2, -0.15) is 0 Å². The van der Waals surface area contributed by atoms with Gasteiger partial charge in [-0.15, -0.1) is 0 Å². The molecule has 1 fully saturated rings. The second-order valence-corrected chi connectivity index (χ2v) is 4.98. The van der Waals surface area contributed by atoms with E-state index < -0.39 is 35.6 Å². The molecule has 0 aromatic heterocycles. The van der Waals surface area contributed by atoms with Crippen molar-refractivity contribution in [1.82, 2.24) is 0 Å². The van der Waals surface area contributed by atoms with Crippen LogP contribution >= 0.6 is 0 Å². The highest BCUT2D eigenvalue weighted by Gasteiger charge is 2.47. The zero-order valence-corrected chi connectivity index (χ0v) is 11.2. The minimum Gasteiger partial charge on any atom is -0.453 e. The first-order chi connectivity index (χ1) is 9.50. The number of nitrogens with two attached hydrogens (primary N) is 1. The minimum atomic E-state index is -1.34. The molecular weight excluding hydrogens is 258 g/mol. The molecular formula is C15H17NO4. The van der Waals surface area contributed by atoms with Gasteiger partial charge in [0.2, 0.25) is 0 Å². The molecule has 0 aliphatic carbocycles. The van der Waals surface area contributed by atoms with E-state index in [1.807, 2.05) is 30.3 Å². The van der Waals surface area contributed by atoms with Gasteiger partial charge in [-0.3, -0.25) is 14.4 Å². The van der Waals surface area contributed by atoms with Crippen LogP contribution in [0.1, 0.15) is 18.9 Å². The summed E-state index contributed by atoms with van der Waals surface area (Å²) in [6, 6.07) is 8.74. The normalized spacial score (nSPS) is 23.5. The molecule has 106 valence electrons. The highest BCUT2D eigenvalue weighted by Crippen LogP contribution is 2.23. The quantitative estimate of drug-likeness (QED) is 0.629. The van der Waals surface area contributed by atoms with Crippen LogP contribution in [0.4, 0.5) is 0 Å². The maximum atomic E-state index is 12.1. The van der Waals surface area contributed by atoms with E-state index in [0.717, 1.165) is 5.56 Å². The summed E-state index contributed by atoms with van der Waals surface area (Å²) in [4.78, 5) is 35.4. The van der Waals surface area contributed by atoms with E-state index in [4.69, 9.17) is 10.5 Å². The van der Waals surface area contributed by atoms with E-state index in [2.05, 4.69) is 0 Å². The van der Waals surface area contributed by atoms with Crippen molar-refractivity contribution in [3.8, 4) is 0 Å². The number of esters is 1. The van der Waals surface area contributed by atoms with E-state index in [-0.39, 0.29) is 0 Å². The predicted molar refractivity (Wildman–Crippen MR) is 71.8 cm³/mol. The molecule has 2 N–H and O–H groups in total. The lowest BCUT2D eigenvalue weighted by molar-refractivity contribution is -0.147. The van der Waals surface area contributed by atoms with Gasteiger partial charge in [-0.05, 0) is 25.3 Å². The summed E-state index contributed by atoms with van der Waals surface area (Å²) < 4.78 is 5.01. The molecule has 3 atom stereocenters. The summed E-state index contributed by atoms with van der Waals surface area (Å²) >= 11 is 0. The smallest absolute Gasteiger partial charge is 0.325 e. The molecule has 5 nitrogen and oxygen atoms in total. The fourth-order valence-electron chi connectivity index (χ4n) is 2.23. The van der Waals surface area contributed by atoms with Crippen molar-refractivity contribution in [2.24, 2.45) is 11.7 Å². The van der Waals surface area contributed by atoms with Gasteiger partial charge in [0.15, 0.2) is 23.6 Å². The maximum absolute atomic E-state index is 12.1. The number of cyclic esters (lactones) is 1. The number of aryl methyl sites for hydroxylation is 1. The Labute approximate surface area is 117 Å². The van der Waals surface area contributed by atoms with Crippen LogP contribution in [0.3, 0.4) is 0 Å². The van der Waals surface area contributed by atoms with Crippen LogP contribution in [0.5, 0.6) is 0 Å². The third-order valence-corrected chi connectivity index (χ3v) is 3.37. The molecule has 1 aromatic carbocycles. The Bertz CT molecular complexity index is 524. The number of benzene rings is 1. The fourth-order valence-corrected chi connectivity index (χ4v) is 2.23. The molecule has 1 heterocycles. The summed E-state index contributed by atoms with van der Waals surface area (Å²) in [5.41, 5.74) is 6.50. The Hall–Kier alpha value is -2.01. The summed E-state index contributed by atoms with van der Waals surface area (Å²) in [5, 5.41) is 0. The van der Waals surface area contributed by atoms with Gasteiger partial charge in [0.1, 0.15) is 0 Å². The summed E-state index contributed by atoms with van der Waals surface area (Å²) in [6.45, 7) is 1.46. The number of carbonyl (C=O) groups is 3. The zero-order valence-electron chi connectivity index (χ0n) is 11.2. The Morgan fingerprint density at radius 2 is 1.95 bits per heavy atom. The number of rotatable bonds is 5. The van der Waals surface area contributed by atoms with Crippen LogP contribution < -0.4 is 5.73 Å². The lowest BCUT2D eigenvalue weighted by Crippen LogP contribution is -2.38. The van der Waals surface area contributed by atoms with Crippen molar-refractivity contribution in [1.29, 1.82) is 0 Å². The van der Waals surface area contributed by atoms with E-state index in [9.17, 15) is 14.4 Å². The second-order valence-electron chi connectivity index (χ2n) is 4.98. The molecule has 1 aliphatic heterocycles. The van der Waals surface area contributed by atoms with Gasteiger partial charge in [-0.25, -0.2) is 0 Å². The van der Waals surface area contributed by atoms with Gasteiger partial charge >= 0.3 is 5.97 Å². The first-order valence-corrected chi connectivity index (χ1v) is 6.58. The van der Waals surface area contributed by atoms with E-state index in [0.29, 0.717) is 12.8 Å². The second kappa shape index (κ2) is 5.96. The monoisotopic (exact) mass is 275 g/mol. The average Bonchev–Trinajstić information content (AvgIpc) is 2.71. The molecule has 1 unspecified atom stereocenters. The van der Waals surface area contributed by atoms with Crippen LogP contribution in [0.15, 0.2) is 30.3 Å². The first-order valence-electron chi connectivity index (χ1n) is 6.58. The maximum Gasteiger partial charge on any atom is 0.325 e. The first kappa shape index (κ1) is 14.4. The Morgan fingerprint density at radius 3 is 2.55 bits per heavy atom. The summed E-state index contributed by atoms with van der Waals surface area (Å²) in [7, 11) is 0. The number of ketones is 2. The molecule has 0 bridgehead atoms. The molecule has 5 heteroatoms. The molecule has 0 amide bonds. The van der Waals surface area contributed by atoms with Crippen LogP contribution in [0.2, 0.25) is 0 Å². The molecule has 1 aromatic rings. The third kappa shape index (κ3) is 2.93. The zero-order chi connectivity index (χ0) is 14.7. The molecule has 2 rings (SSSR count). The van der Waals surface area contributed by atoms with Crippen molar-refractivity contribution in [2.75, 3.05) is 0 Å². The highest BCUT2D eigenvalue weighted by atomic mass is 16.6. The number of hydrogen-bond donors (Lipinski definition) is 1. The number of Topliss-reactive ketones (excluding diaryl/α,β-unsaturated/α-hetero) is 2. The molecule has 1 saturated heterocycles. The largest absolute Gasteiger partial charge is 0.453 e. The summed E-state index contributed by atoms with van der Waals surface area (Å²) in [5.74, 6) is -3.14. The number of ether oxygens (including phenoxy) is 1. The number of carbonyl (C=O) groups excluding carboxylic acids is 3. The lowest BCUT2D eigenvalue weighted by Gasteiger charge is -2.08. The third-order valence-electron chi connectivity index (χ3n) is 3.37. The van der Waals surface area contributed by atoms with Gasteiger partial charge in [0.25, 0.3) is 0 Å². The van der Waals surface area contributed by atoms with Crippen molar-refractivity contribution >= 4 is 17.5 Å². The summed E-state index contributed by atoms with van der Waals surface area (Å²) in [6.07, 6.45) is 0.163. The van der Waals surface area contributed by atoms with Gasteiger partial charge < -0.3 is 10.5 Å². The minimum absolute atomic E-state index is 0.386. The topological polar surface area (TPSA) is 86.5 Å². The lowest BCUT2D eigenvalue weighted by atomic mass is 9.93. The molecule has 20 heavy (non-hydrogen) atoms. The van der Waals surface area contributed by atoms with Crippen molar-refractivity contribution in [3.05, 3.63) is 35.9 Å². The van der Waals surface area contributed by atoms with Crippen molar-refractivity contribution < 1.29 is 19.1 Å².